The van der Waals surface area contributed by atoms with Gasteiger partial charge in [-0.25, -0.2) is 4.39 Å². The monoisotopic (exact) mass is 303 g/mol. The Morgan fingerprint density at radius 3 is 2.36 bits per heavy atom. The van der Waals surface area contributed by atoms with E-state index in [4.69, 9.17) is 4.42 Å². The maximum atomic E-state index is 13.0. The molecule has 1 heterocycles. The number of hydrogen-bond acceptors (Lipinski definition) is 2. The second kappa shape index (κ2) is 7.25. The van der Waals surface area contributed by atoms with E-state index in [1.54, 1.807) is 17.0 Å². The van der Waals surface area contributed by atoms with Gasteiger partial charge in [-0.05, 0) is 42.7 Å². The third-order valence-corrected chi connectivity index (χ3v) is 3.36. The van der Waals surface area contributed by atoms with Gasteiger partial charge in [0, 0.05) is 13.0 Å². The molecule has 2 aromatic rings. The molecule has 0 aliphatic rings. The Balaban J connectivity index is 2.13. The van der Waals surface area contributed by atoms with E-state index in [1.807, 2.05) is 32.9 Å². The topological polar surface area (TPSA) is 33.5 Å². The lowest BCUT2D eigenvalue weighted by Crippen LogP contribution is -2.30. The van der Waals surface area contributed by atoms with Crippen molar-refractivity contribution >= 4 is 5.91 Å². The van der Waals surface area contributed by atoms with Crippen LogP contribution in [0.1, 0.15) is 37.4 Å². The molecule has 0 bridgehead atoms. The summed E-state index contributed by atoms with van der Waals surface area (Å²) in [6.07, 6.45) is 0.487. The summed E-state index contributed by atoms with van der Waals surface area (Å²) in [5.41, 5.74) is 0.904. The number of hydrogen-bond donors (Lipinski definition) is 0. The van der Waals surface area contributed by atoms with Gasteiger partial charge in [0.25, 0.3) is 0 Å². The van der Waals surface area contributed by atoms with E-state index in [2.05, 4.69) is 0 Å². The minimum Gasteiger partial charge on any atom is -0.464 e. The first-order chi connectivity index (χ1) is 10.4. The van der Waals surface area contributed by atoms with Gasteiger partial charge >= 0.3 is 0 Å². The summed E-state index contributed by atoms with van der Waals surface area (Å²) in [6.45, 7) is 6.79. The van der Waals surface area contributed by atoms with Crippen molar-refractivity contribution in [2.75, 3.05) is 0 Å². The number of aryl methyl sites for hydroxylation is 1. The Morgan fingerprint density at radius 1 is 1.14 bits per heavy atom. The molecular weight excluding hydrogens is 281 g/mol. The largest absolute Gasteiger partial charge is 0.464 e. The van der Waals surface area contributed by atoms with E-state index in [-0.39, 0.29) is 11.7 Å². The summed E-state index contributed by atoms with van der Waals surface area (Å²) in [6, 6.07) is 10.0. The molecule has 0 unspecified atom stereocenters. The van der Waals surface area contributed by atoms with Crippen LogP contribution in [0, 0.1) is 18.7 Å². The van der Waals surface area contributed by atoms with Crippen LogP contribution in [0.3, 0.4) is 0 Å². The zero-order valence-electron chi connectivity index (χ0n) is 13.3. The summed E-state index contributed by atoms with van der Waals surface area (Å²) < 4.78 is 18.6. The van der Waals surface area contributed by atoms with Crippen molar-refractivity contribution in [1.29, 1.82) is 0 Å². The first-order valence-electron chi connectivity index (χ1n) is 7.51. The smallest absolute Gasteiger partial charge is 0.223 e. The second-order valence-corrected chi connectivity index (χ2v) is 5.99. The zero-order chi connectivity index (χ0) is 16.1. The summed E-state index contributed by atoms with van der Waals surface area (Å²) in [7, 11) is 0. The number of nitrogens with zero attached hydrogens (tertiary/aromatic N) is 1. The Hall–Kier alpha value is -2.10. The van der Waals surface area contributed by atoms with Crippen LogP contribution >= 0.6 is 0 Å². The summed E-state index contributed by atoms with van der Waals surface area (Å²) in [5.74, 6) is 1.69. The maximum absolute atomic E-state index is 13.0. The van der Waals surface area contributed by atoms with Crippen molar-refractivity contribution in [2.24, 2.45) is 5.92 Å². The van der Waals surface area contributed by atoms with Gasteiger partial charge in [0.2, 0.25) is 5.91 Å². The summed E-state index contributed by atoms with van der Waals surface area (Å²) in [4.78, 5) is 14.2. The molecule has 0 fully saturated rings. The molecule has 0 radical (unpaired) electrons. The van der Waals surface area contributed by atoms with Crippen molar-refractivity contribution in [2.45, 2.75) is 40.3 Å². The number of halogens is 1. The van der Waals surface area contributed by atoms with E-state index in [0.717, 1.165) is 17.1 Å². The van der Waals surface area contributed by atoms with Gasteiger partial charge < -0.3 is 9.32 Å². The highest BCUT2D eigenvalue weighted by atomic mass is 19.1. The van der Waals surface area contributed by atoms with E-state index >= 15 is 0 Å². The molecule has 0 aliphatic heterocycles. The van der Waals surface area contributed by atoms with E-state index in [1.165, 1.54) is 12.1 Å². The molecule has 0 spiro atoms. The van der Waals surface area contributed by atoms with Crippen molar-refractivity contribution < 1.29 is 13.6 Å². The summed E-state index contributed by atoms with van der Waals surface area (Å²) >= 11 is 0. The van der Waals surface area contributed by atoms with Crippen LogP contribution in [0.15, 0.2) is 40.8 Å². The number of carbonyl (C=O) groups is 1. The molecular formula is C18H22FNO2. The third kappa shape index (κ3) is 4.72. The van der Waals surface area contributed by atoms with Crippen LogP contribution in [0.2, 0.25) is 0 Å². The molecule has 1 aromatic carbocycles. The maximum Gasteiger partial charge on any atom is 0.223 e. The van der Waals surface area contributed by atoms with Crippen LogP contribution in [0.25, 0.3) is 0 Å². The highest BCUT2D eigenvalue weighted by molar-refractivity contribution is 5.76. The van der Waals surface area contributed by atoms with E-state index in [9.17, 15) is 9.18 Å². The molecule has 0 saturated heterocycles. The van der Waals surface area contributed by atoms with E-state index in [0.29, 0.717) is 25.4 Å². The lowest BCUT2D eigenvalue weighted by Gasteiger charge is -2.23. The van der Waals surface area contributed by atoms with Crippen molar-refractivity contribution in [3.8, 4) is 0 Å². The van der Waals surface area contributed by atoms with Gasteiger partial charge in [-0.1, -0.05) is 26.0 Å². The molecule has 0 saturated carbocycles. The normalized spacial score (nSPS) is 11.0. The SMILES string of the molecule is Cc1ccc(CN(Cc2ccc(F)cc2)C(=O)CC(C)C)o1. The van der Waals surface area contributed by atoms with Crippen LogP contribution in [-0.2, 0) is 17.9 Å². The molecule has 0 N–H and O–H groups in total. The van der Waals surface area contributed by atoms with Gasteiger partial charge in [0.1, 0.15) is 17.3 Å². The zero-order valence-corrected chi connectivity index (χ0v) is 13.3. The molecule has 3 nitrogen and oxygen atoms in total. The van der Waals surface area contributed by atoms with Crippen LogP contribution < -0.4 is 0 Å². The Kier molecular flexibility index (Phi) is 5.36. The van der Waals surface area contributed by atoms with Gasteiger partial charge in [0.05, 0.1) is 6.54 Å². The predicted octanol–water partition coefficient (Wildman–Crippen LogP) is 4.30. The average molecular weight is 303 g/mol. The number of furan rings is 1. The van der Waals surface area contributed by atoms with Crippen molar-refractivity contribution in [3.05, 3.63) is 59.3 Å². The van der Waals surface area contributed by atoms with Gasteiger partial charge in [0.15, 0.2) is 0 Å². The number of rotatable bonds is 6. The minimum absolute atomic E-state index is 0.0772. The number of amides is 1. The predicted molar refractivity (Wildman–Crippen MR) is 83.6 cm³/mol. The average Bonchev–Trinajstić information content (AvgIpc) is 2.85. The standard InChI is InChI=1S/C18H22FNO2/c1-13(2)10-18(21)20(12-17-9-4-14(3)22-17)11-15-5-7-16(19)8-6-15/h4-9,13H,10-12H2,1-3H3. The lowest BCUT2D eigenvalue weighted by atomic mass is 10.1. The fraction of sp³-hybridized carbons (Fsp3) is 0.389. The summed E-state index contributed by atoms with van der Waals surface area (Å²) in [5, 5.41) is 0. The quantitative estimate of drug-likeness (QED) is 0.797. The third-order valence-electron chi connectivity index (χ3n) is 3.36. The molecule has 0 aliphatic carbocycles. The Bertz CT molecular complexity index is 616. The first kappa shape index (κ1) is 16.3. The highest BCUT2D eigenvalue weighted by Crippen LogP contribution is 2.16. The Morgan fingerprint density at radius 2 is 1.82 bits per heavy atom. The van der Waals surface area contributed by atoms with Crippen LogP contribution in [-0.4, -0.2) is 10.8 Å². The molecule has 118 valence electrons. The van der Waals surface area contributed by atoms with Crippen LogP contribution in [0.5, 0.6) is 0 Å². The lowest BCUT2D eigenvalue weighted by molar-refractivity contribution is -0.133. The molecule has 2 rings (SSSR count). The van der Waals surface area contributed by atoms with Gasteiger partial charge in [-0.2, -0.15) is 0 Å². The molecule has 4 heteroatoms. The van der Waals surface area contributed by atoms with Gasteiger partial charge in [-0.15, -0.1) is 0 Å². The molecule has 22 heavy (non-hydrogen) atoms. The fourth-order valence-corrected chi connectivity index (χ4v) is 2.28. The van der Waals surface area contributed by atoms with Gasteiger partial charge in [-0.3, -0.25) is 4.79 Å². The van der Waals surface area contributed by atoms with Crippen molar-refractivity contribution in [3.63, 3.8) is 0 Å². The fourth-order valence-electron chi connectivity index (χ4n) is 2.28. The van der Waals surface area contributed by atoms with Crippen molar-refractivity contribution in [1.82, 2.24) is 4.90 Å². The first-order valence-corrected chi connectivity index (χ1v) is 7.51. The number of benzene rings is 1. The number of carbonyl (C=O) groups excluding carboxylic acids is 1. The van der Waals surface area contributed by atoms with E-state index < -0.39 is 0 Å². The minimum atomic E-state index is -0.273. The molecule has 1 aromatic heterocycles. The second-order valence-electron chi connectivity index (χ2n) is 5.99. The molecule has 1 amide bonds. The highest BCUT2D eigenvalue weighted by Gasteiger charge is 2.17. The molecule has 0 atom stereocenters. The Labute approximate surface area is 130 Å². The van der Waals surface area contributed by atoms with Crippen LogP contribution in [0.4, 0.5) is 4.39 Å².